The van der Waals surface area contributed by atoms with Gasteiger partial charge in [-0.15, -0.1) is 0 Å². The van der Waals surface area contributed by atoms with Crippen LogP contribution in [0.2, 0.25) is 0 Å². The maximum atomic E-state index is 5.52. The van der Waals surface area contributed by atoms with Gasteiger partial charge < -0.3 is 14.8 Å². The maximum Gasteiger partial charge on any atom is 0.127 e. The predicted molar refractivity (Wildman–Crippen MR) is 87.1 cm³/mol. The molecule has 1 aliphatic carbocycles. The Labute approximate surface area is 129 Å². The predicted octanol–water partition coefficient (Wildman–Crippen LogP) is 4.32. The zero-order valence-electron chi connectivity index (χ0n) is 13.8. The molecule has 3 unspecified atom stereocenters. The van der Waals surface area contributed by atoms with Crippen LogP contribution in [0.4, 0.5) is 0 Å². The molecule has 1 saturated carbocycles. The van der Waals surface area contributed by atoms with Crippen molar-refractivity contribution in [1.29, 1.82) is 0 Å². The maximum absolute atomic E-state index is 5.52. The molecule has 0 aliphatic heterocycles. The van der Waals surface area contributed by atoms with Crippen LogP contribution in [0.25, 0.3) is 0 Å². The van der Waals surface area contributed by atoms with Gasteiger partial charge >= 0.3 is 0 Å². The minimum atomic E-state index is 0.298. The van der Waals surface area contributed by atoms with Gasteiger partial charge in [0.25, 0.3) is 0 Å². The van der Waals surface area contributed by atoms with Crippen molar-refractivity contribution < 1.29 is 9.47 Å². The van der Waals surface area contributed by atoms with Crippen LogP contribution >= 0.6 is 0 Å². The van der Waals surface area contributed by atoms with Gasteiger partial charge in [-0.05, 0) is 31.7 Å². The summed E-state index contributed by atoms with van der Waals surface area (Å²) < 4.78 is 10.8. The van der Waals surface area contributed by atoms with Crippen molar-refractivity contribution in [3.05, 3.63) is 23.8 Å². The molecule has 118 valence electrons. The average molecular weight is 291 g/mol. The summed E-state index contributed by atoms with van der Waals surface area (Å²) in [6.07, 6.45) is 6.65. The molecular formula is C18H29NO2. The van der Waals surface area contributed by atoms with E-state index in [4.69, 9.17) is 9.47 Å². The first-order valence-corrected chi connectivity index (χ1v) is 8.15. The lowest BCUT2D eigenvalue weighted by atomic mass is 9.84. The first-order valence-electron chi connectivity index (χ1n) is 8.15. The Morgan fingerprint density at radius 3 is 2.71 bits per heavy atom. The normalized spacial score (nSPS) is 23.6. The topological polar surface area (TPSA) is 30.5 Å². The Kier molecular flexibility index (Phi) is 5.92. The van der Waals surface area contributed by atoms with Crippen LogP contribution in [-0.2, 0) is 0 Å². The van der Waals surface area contributed by atoms with E-state index in [0.29, 0.717) is 12.1 Å². The van der Waals surface area contributed by atoms with Crippen LogP contribution in [0, 0.1) is 5.92 Å². The van der Waals surface area contributed by atoms with Gasteiger partial charge in [0, 0.05) is 23.7 Å². The average Bonchev–Trinajstić information content (AvgIpc) is 2.54. The van der Waals surface area contributed by atoms with Crippen LogP contribution in [0.3, 0.4) is 0 Å². The number of nitrogens with one attached hydrogen (secondary N) is 1. The van der Waals surface area contributed by atoms with Gasteiger partial charge in [0.15, 0.2) is 0 Å². The van der Waals surface area contributed by atoms with Crippen molar-refractivity contribution >= 4 is 0 Å². The lowest BCUT2D eigenvalue weighted by molar-refractivity contribution is 0.264. The molecule has 0 bridgehead atoms. The lowest BCUT2D eigenvalue weighted by Gasteiger charge is -2.32. The van der Waals surface area contributed by atoms with Gasteiger partial charge in [0.1, 0.15) is 11.5 Å². The van der Waals surface area contributed by atoms with E-state index >= 15 is 0 Å². The van der Waals surface area contributed by atoms with E-state index in [1.165, 1.54) is 37.7 Å². The smallest absolute Gasteiger partial charge is 0.127 e. The molecule has 2 rings (SSSR count). The molecule has 3 nitrogen and oxygen atoms in total. The summed E-state index contributed by atoms with van der Waals surface area (Å²) in [5.74, 6) is 2.63. The number of rotatable bonds is 6. The summed E-state index contributed by atoms with van der Waals surface area (Å²) in [5, 5.41) is 3.79. The molecule has 1 aliphatic rings. The highest BCUT2D eigenvalue weighted by Crippen LogP contribution is 2.32. The highest BCUT2D eigenvalue weighted by atomic mass is 16.5. The zero-order chi connectivity index (χ0) is 15.2. The second-order valence-electron chi connectivity index (χ2n) is 6.13. The minimum Gasteiger partial charge on any atom is -0.497 e. The highest BCUT2D eigenvalue weighted by molar-refractivity contribution is 5.42. The minimum absolute atomic E-state index is 0.298. The van der Waals surface area contributed by atoms with Crippen molar-refractivity contribution in [3.8, 4) is 11.5 Å². The van der Waals surface area contributed by atoms with E-state index in [9.17, 15) is 0 Å². The van der Waals surface area contributed by atoms with Gasteiger partial charge in [-0.2, -0.15) is 0 Å². The zero-order valence-corrected chi connectivity index (χ0v) is 13.8. The Balaban J connectivity index is 2.04. The fraction of sp³-hybridized carbons (Fsp3) is 0.667. The van der Waals surface area contributed by atoms with Crippen molar-refractivity contribution in [2.24, 2.45) is 5.92 Å². The van der Waals surface area contributed by atoms with Crippen LogP contribution in [0.15, 0.2) is 18.2 Å². The quantitative estimate of drug-likeness (QED) is 0.846. The van der Waals surface area contributed by atoms with E-state index in [0.717, 1.165) is 17.4 Å². The van der Waals surface area contributed by atoms with E-state index in [-0.39, 0.29) is 0 Å². The van der Waals surface area contributed by atoms with Crippen molar-refractivity contribution in [3.63, 3.8) is 0 Å². The molecule has 0 spiro atoms. The van der Waals surface area contributed by atoms with Crippen molar-refractivity contribution in [2.75, 3.05) is 14.2 Å². The summed E-state index contributed by atoms with van der Waals surface area (Å²) in [6, 6.07) is 7.00. The Morgan fingerprint density at radius 2 is 2.05 bits per heavy atom. The molecule has 1 aromatic carbocycles. The molecule has 1 fully saturated rings. The van der Waals surface area contributed by atoms with Crippen LogP contribution in [0.5, 0.6) is 11.5 Å². The third-order valence-electron chi connectivity index (χ3n) is 4.75. The first-order chi connectivity index (χ1) is 10.2. The molecule has 1 aromatic rings. The van der Waals surface area contributed by atoms with Gasteiger partial charge in [-0.1, -0.05) is 32.3 Å². The molecule has 0 heterocycles. The van der Waals surface area contributed by atoms with Gasteiger partial charge in [-0.25, -0.2) is 0 Å². The third-order valence-corrected chi connectivity index (χ3v) is 4.75. The molecule has 0 aromatic heterocycles. The van der Waals surface area contributed by atoms with E-state index < -0.39 is 0 Å². The Bertz CT molecular complexity index is 447. The van der Waals surface area contributed by atoms with Crippen LogP contribution in [-0.4, -0.2) is 20.3 Å². The SMILES string of the molecule is CCC1CCCC(NC(C)c2ccc(OC)cc2OC)C1. The molecule has 3 heteroatoms. The molecule has 21 heavy (non-hydrogen) atoms. The second kappa shape index (κ2) is 7.69. The van der Waals surface area contributed by atoms with Crippen LogP contribution in [0.1, 0.15) is 57.6 Å². The number of hydrogen-bond donors (Lipinski definition) is 1. The van der Waals surface area contributed by atoms with E-state index in [1.807, 2.05) is 12.1 Å². The largest absolute Gasteiger partial charge is 0.497 e. The lowest BCUT2D eigenvalue weighted by Crippen LogP contribution is -2.35. The molecule has 0 amide bonds. The monoisotopic (exact) mass is 291 g/mol. The summed E-state index contributed by atoms with van der Waals surface area (Å²) in [7, 11) is 3.40. The summed E-state index contributed by atoms with van der Waals surface area (Å²) in [5.41, 5.74) is 1.21. The van der Waals surface area contributed by atoms with E-state index in [2.05, 4.69) is 25.2 Å². The molecule has 0 radical (unpaired) electrons. The van der Waals surface area contributed by atoms with E-state index in [1.54, 1.807) is 14.2 Å². The standard InChI is InChI=1S/C18H29NO2/c1-5-14-7-6-8-15(11-14)19-13(2)17-10-9-16(20-3)12-18(17)21-4/h9-10,12-15,19H,5-8,11H2,1-4H3. The summed E-state index contributed by atoms with van der Waals surface area (Å²) in [4.78, 5) is 0. The van der Waals surface area contributed by atoms with Gasteiger partial charge in [0.2, 0.25) is 0 Å². The number of ether oxygens (including phenoxy) is 2. The Morgan fingerprint density at radius 1 is 1.24 bits per heavy atom. The number of hydrogen-bond acceptors (Lipinski definition) is 3. The highest BCUT2D eigenvalue weighted by Gasteiger charge is 2.23. The fourth-order valence-corrected chi connectivity index (χ4v) is 3.43. The van der Waals surface area contributed by atoms with Crippen LogP contribution < -0.4 is 14.8 Å². The molecule has 3 atom stereocenters. The van der Waals surface area contributed by atoms with Crippen molar-refractivity contribution in [2.45, 2.75) is 58.0 Å². The third kappa shape index (κ3) is 4.13. The molecule has 1 N–H and O–H groups in total. The summed E-state index contributed by atoms with van der Waals surface area (Å²) >= 11 is 0. The summed E-state index contributed by atoms with van der Waals surface area (Å²) in [6.45, 7) is 4.53. The molecule has 0 saturated heterocycles. The molecular weight excluding hydrogens is 262 g/mol. The number of benzene rings is 1. The number of methoxy groups -OCH3 is 2. The van der Waals surface area contributed by atoms with Gasteiger partial charge in [-0.3, -0.25) is 0 Å². The fourth-order valence-electron chi connectivity index (χ4n) is 3.43. The first kappa shape index (κ1) is 16.2. The van der Waals surface area contributed by atoms with Crippen molar-refractivity contribution in [1.82, 2.24) is 5.32 Å². The Hall–Kier alpha value is -1.22. The van der Waals surface area contributed by atoms with Gasteiger partial charge in [0.05, 0.1) is 14.2 Å². The second-order valence-corrected chi connectivity index (χ2v) is 6.13.